The molecule has 2 aliphatic rings. The molecule has 3 aromatic rings. The molecule has 0 N–H and O–H groups in total. The molecule has 0 aliphatic carbocycles. The molecule has 29 heavy (non-hydrogen) atoms. The minimum atomic E-state index is 0.0981. The Kier molecular flexibility index (Phi) is 4.69. The van der Waals surface area contributed by atoms with Crippen molar-refractivity contribution in [3.05, 3.63) is 101 Å². The molecule has 3 aromatic carbocycles. The first-order chi connectivity index (χ1) is 14.2. The molecule has 146 valence electrons. The van der Waals surface area contributed by atoms with Gasteiger partial charge in [0, 0.05) is 36.9 Å². The third-order valence-electron chi connectivity index (χ3n) is 6.24. The van der Waals surface area contributed by atoms with E-state index in [0.29, 0.717) is 0 Å². The van der Waals surface area contributed by atoms with Gasteiger partial charge in [-0.05, 0) is 60.2 Å². The summed E-state index contributed by atoms with van der Waals surface area (Å²) in [5.74, 6) is 0.0981. The molecular weight excluding hydrogens is 356 g/mol. The second kappa shape index (κ2) is 7.49. The predicted molar refractivity (Wildman–Crippen MR) is 117 cm³/mol. The van der Waals surface area contributed by atoms with Crippen LogP contribution in [0.25, 0.3) is 0 Å². The van der Waals surface area contributed by atoms with Crippen LogP contribution >= 0.6 is 0 Å². The fraction of sp³-hybridized carbons (Fsp3) is 0.269. The van der Waals surface area contributed by atoms with Crippen molar-refractivity contribution in [1.82, 2.24) is 4.90 Å². The molecule has 1 unspecified atom stereocenters. The molecule has 3 heteroatoms. The monoisotopic (exact) mass is 382 g/mol. The van der Waals surface area contributed by atoms with Gasteiger partial charge in [0.1, 0.15) is 0 Å². The lowest BCUT2D eigenvalue weighted by Gasteiger charge is -2.28. The molecule has 5 rings (SSSR count). The van der Waals surface area contributed by atoms with Gasteiger partial charge in [-0.25, -0.2) is 0 Å². The van der Waals surface area contributed by atoms with Crippen LogP contribution in [-0.4, -0.2) is 23.4 Å². The summed E-state index contributed by atoms with van der Waals surface area (Å²) in [7, 11) is 0. The maximum absolute atomic E-state index is 13.2. The van der Waals surface area contributed by atoms with Crippen molar-refractivity contribution in [3.63, 3.8) is 0 Å². The Morgan fingerprint density at radius 1 is 0.897 bits per heavy atom. The van der Waals surface area contributed by atoms with Gasteiger partial charge in [-0.3, -0.25) is 9.69 Å². The maximum atomic E-state index is 13.2. The number of amides is 1. The number of anilines is 1. The van der Waals surface area contributed by atoms with Crippen LogP contribution in [0.5, 0.6) is 0 Å². The first-order valence-corrected chi connectivity index (χ1v) is 10.5. The lowest BCUT2D eigenvalue weighted by molar-refractivity contribution is 0.0981. The minimum Gasteiger partial charge on any atom is -0.305 e. The molecule has 1 amide bonds. The minimum absolute atomic E-state index is 0.0981. The Morgan fingerprint density at radius 3 is 2.38 bits per heavy atom. The maximum Gasteiger partial charge on any atom is 0.258 e. The van der Waals surface area contributed by atoms with Gasteiger partial charge in [0.2, 0.25) is 0 Å². The van der Waals surface area contributed by atoms with E-state index in [-0.39, 0.29) is 11.9 Å². The van der Waals surface area contributed by atoms with Crippen molar-refractivity contribution in [1.29, 1.82) is 0 Å². The highest BCUT2D eigenvalue weighted by Crippen LogP contribution is 2.33. The third kappa shape index (κ3) is 3.47. The topological polar surface area (TPSA) is 23.6 Å². The molecule has 1 atom stereocenters. The van der Waals surface area contributed by atoms with E-state index < -0.39 is 0 Å². The number of para-hydroxylation sites is 1. The van der Waals surface area contributed by atoms with Crippen molar-refractivity contribution in [3.8, 4) is 0 Å². The molecule has 0 bridgehead atoms. The van der Waals surface area contributed by atoms with Crippen LogP contribution in [0.15, 0.2) is 72.8 Å². The quantitative estimate of drug-likeness (QED) is 0.647. The summed E-state index contributed by atoms with van der Waals surface area (Å²) in [6, 6.07) is 25.4. The van der Waals surface area contributed by atoms with E-state index >= 15 is 0 Å². The average molecular weight is 383 g/mol. The van der Waals surface area contributed by atoms with Gasteiger partial charge < -0.3 is 4.90 Å². The van der Waals surface area contributed by atoms with E-state index in [1.54, 1.807) is 0 Å². The number of rotatable bonds is 3. The van der Waals surface area contributed by atoms with Crippen LogP contribution < -0.4 is 4.90 Å². The van der Waals surface area contributed by atoms with E-state index in [9.17, 15) is 4.79 Å². The zero-order valence-electron chi connectivity index (χ0n) is 16.8. The van der Waals surface area contributed by atoms with Crippen LogP contribution in [0.2, 0.25) is 0 Å². The molecule has 2 aliphatic heterocycles. The number of carbonyl (C=O) groups is 1. The number of hydrogen-bond donors (Lipinski definition) is 0. The zero-order valence-corrected chi connectivity index (χ0v) is 16.8. The fourth-order valence-electron chi connectivity index (χ4n) is 4.71. The molecule has 0 radical (unpaired) electrons. The molecular formula is C26H26N2O. The van der Waals surface area contributed by atoms with Gasteiger partial charge in [0.25, 0.3) is 5.91 Å². The molecule has 2 heterocycles. The number of benzene rings is 3. The highest BCUT2D eigenvalue weighted by atomic mass is 16.2. The third-order valence-corrected chi connectivity index (χ3v) is 6.24. The summed E-state index contributed by atoms with van der Waals surface area (Å²) in [6.07, 6.45) is 2.04. The standard InChI is InChI=1S/C26H26N2O/c1-19-16-23-7-4-5-9-25(23)28(19)26(29)22-12-10-20(11-13-22)17-27-15-14-21-6-2-3-8-24(21)18-27/h2-13,19H,14-18H2,1H3. The Bertz CT molecular complexity index is 1040. The van der Waals surface area contributed by atoms with Crippen LogP contribution in [0.1, 0.15) is 39.5 Å². The van der Waals surface area contributed by atoms with Crippen molar-refractivity contribution in [2.45, 2.75) is 38.9 Å². The first kappa shape index (κ1) is 18.1. The molecule has 0 saturated carbocycles. The van der Waals surface area contributed by atoms with Gasteiger partial charge >= 0.3 is 0 Å². The molecule has 0 aromatic heterocycles. The van der Waals surface area contributed by atoms with Crippen LogP contribution in [0, 0.1) is 0 Å². The number of carbonyl (C=O) groups excluding carboxylic acids is 1. The first-order valence-electron chi connectivity index (χ1n) is 10.5. The van der Waals surface area contributed by atoms with E-state index in [2.05, 4.69) is 60.4 Å². The van der Waals surface area contributed by atoms with Gasteiger partial charge in [-0.2, -0.15) is 0 Å². The van der Waals surface area contributed by atoms with Crippen LogP contribution in [-0.2, 0) is 25.9 Å². The molecule has 0 spiro atoms. The van der Waals surface area contributed by atoms with Gasteiger partial charge in [0.05, 0.1) is 0 Å². The lowest BCUT2D eigenvalue weighted by atomic mass is 9.99. The van der Waals surface area contributed by atoms with Crippen molar-refractivity contribution in [2.75, 3.05) is 11.4 Å². The van der Waals surface area contributed by atoms with Gasteiger partial charge in [-0.15, -0.1) is 0 Å². The zero-order chi connectivity index (χ0) is 19.8. The Balaban J connectivity index is 1.29. The van der Waals surface area contributed by atoms with Crippen LogP contribution in [0.4, 0.5) is 5.69 Å². The number of fused-ring (bicyclic) bond motifs is 2. The summed E-state index contributed by atoms with van der Waals surface area (Å²) in [4.78, 5) is 17.6. The summed E-state index contributed by atoms with van der Waals surface area (Å²) in [5, 5.41) is 0. The molecule has 0 fully saturated rings. The summed E-state index contributed by atoms with van der Waals surface area (Å²) >= 11 is 0. The second-order valence-corrected chi connectivity index (χ2v) is 8.28. The Morgan fingerprint density at radius 2 is 1.59 bits per heavy atom. The van der Waals surface area contributed by atoms with Crippen molar-refractivity contribution < 1.29 is 4.79 Å². The van der Waals surface area contributed by atoms with E-state index in [4.69, 9.17) is 0 Å². The summed E-state index contributed by atoms with van der Waals surface area (Å²) in [6.45, 7) is 5.13. The largest absolute Gasteiger partial charge is 0.305 e. The smallest absolute Gasteiger partial charge is 0.258 e. The number of hydrogen-bond acceptors (Lipinski definition) is 2. The summed E-state index contributed by atoms with van der Waals surface area (Å²) in [5.41, 5.74) is 7.26. The second-order valence-electron chi connectivity index (χ2n) is 8.28. The van der Waals surface area contributed by atoms with Crippen LogP contribution in [0.3, 0.4) is 0 Å². The highest BCUT2D eigenvalue weighted by molar-refractivity contribution is 6.07. The SMILES string of the molecule is CC1Cc2ccccc2N1C(=O)c1ccc(CN2CCc3ccccc3C2)cc1. The van der Waals surface area contributed by atoms with E-state index in [0.717, 1.165) is 43.7 Å². The fourth-order valence-corrected chi connectivity index (χ4v) is 4.71. The lowest BCUT2D eigenvalue weighted by Crippen LogP contribution is -2.35. The van der Waals surface area contributed by atoms with E-state index in [1.807, 2.05) is 29.2 Å². The summed E-state index contributed by atoms with van der Waals surface area (Å²) < 4.78 is 0. The van der Waals surface area contributed by atoms with E-state index in [1.165, 1.54) is 22.3 Å². The normalized spacial score (nSPS) is 18.4. The Labute approximate surface area is 172 Å². The number of nitrogens with zero attached hydrogens (tertiary/aromatic N) is 2. The van der Waals surface area contributed by atoms with Gasteiger partial charge in [-0.1, -0.05) is 54.6 Å². The van der Waals surface area contributed by atoms with Crippen molar-refractivity contribution >= 4 is 11.6 Å². The van der Waals surface area contributed by atoms with Gasteiger partial charge in [0.15, 0.2) is 0 Å². The highest BCUT2D eigenvalue weighted by Gasteiger charge is 2.31. The molecule has 3 nitrogen and oxygen atoms in total. The van der Waals surface area contributed by atoms with Crippen molar-refractivity contribution in [2.24, 2.45) is 0 Å². The average Bonchev–Trinajstić information content (AvgIpc) is 3.09. The molecule has 0 saturated heterocycles. The predicted octanol–water partition coefficient (Wildman–Crippen LogP) is 4.84. The Hall–Kier alpha value is -2.91.